The monoisotopic (exact) mass is 595 g/mol. The molecule has 0 radical (unpaired) electrons. The number of aryl methyl sites for hydroxylation is 3. The van der Waals surface area contributed by atoms with Gasteiger partial charge in [-0.15, -0.1) is 0 Å². The molecule has 0 bridgehead atoms. The van der Waals surface area contributed by atoms with Gasteiger partial charge in [0, 0.05) is 11.4 Å². The van der Waals surface area contributed by atoms with E-state index in [0.29, 0.717) is 25.9 Å². The smallest absolute Gasteiger partial charge is 0.266 e. The summed E-state index contributed by atoms with van der Waals surface area (Å²) < 4.78 is 6.86. The Bertz CT molecular complexity index is 1340. The molecule has 178 valence electrons. The van der Waals surface area contributed by atoms with Crippen LogP contribution in [0, 0.1) is 32.1 Å². The molecule has 0 saturated carbocycles. The fourth-order valence-electron chi connectivity index (χ4n) is 3.21. The summed E-state index contributed by atoms with van der Waals surface area (Å²) in [4.78, 5) is 25.0. The van der Waals surface area contributed by atoms with E-state index in [1.807, 2.05) is 63.2 Å². The third-order valence-corrected chi connectivity index (χ3v) is 6.28. The SMILES string of the molecule is Cc1ccc(C)c(NC(=O)COc2c(Br)cc(/C=C(/C#N)C(=O)Nc3ccccc3C)cc2Br)c1. The molecule has 8 heteroatoms. The highest BCUT2D eigenvalue weighted by Crippen LogP contribution is 2.35. The first-order valence-corrected chi connectivity index (χ1v) is 12.2. The third kappa shape index (κ3) is 7.04. The maximum Gasteiger partial charge on any atom is 0.266 e. The number of hydrogen-bond donors (Lipinski definition) is 2. The summed E-state index contributed by atoms with van der Waals surface area (Å²) in [6.07, 6.45) is 1.49. The number of hydrogen-bond acceptors (Lipinski definition) is 4. The van der Waals surface area contributed by atoms with Gasteiger partial charge < -0.3 is 15.4 Å². The van der Waals surface area contributed by atoms with Gasteiger partial charge in [0.15, 0.2) is 6.61 Å². The Kier molecular flexibility index (Phi) is 8.85. The van der Waals surface area contributed by atoms with Crippen molar-refractivity contribution in [2.24, 2.45) is 0 Å². The molecule has 0 aliphatic rings. The van der Waals surface area contributed by atoms with Gasteiger partial charge in [0.1, 0.15) is 17.4 Å². The van der Waals surface area contributed by atoms with Crippen LogP contribution in [-0.2, 0) is 9.59 Å². The van der Waals surface area contributed by atoms with E-state index in [9.17, 15) is 14.9 Å². The average Bonchev–Trinajstić information content (AvgIpc) is 2.80. The summed E-state index contributed by atoms with van der Waals surface area (Å²) in [5, 5.41) is 15.1. The van der Waals surface area contributed by atoms with E-state index in [4.69, 9.17) is 4.74 Å². The molecule has 35 heavy (non-hydrogen) atoms. The Morgan fingerprint density at radius 1 is 0.943 bits per heavy atom. The lowest BCUT2D eigenvalue weighted by molar-refractivity contribution is -0.118. The van der Waals surface area contributed by atoms with Crippen molar-refractivity contribution < 1.29 is 14.3 Å². The van der Waals surface area contributed by atoms with E-state index in [-0.39, 0.29) is 18.1 Å². The van der Waals surface area contributed by atoms with Crippen LogP contribution in [0.25, 0.3) is 6.08 Å². The number of nitriles is 1. The first-order chi connectivity index (χ1) is 16.7. The molecule has 0 fully saturated rings. The molecule has 3 aromatic carbocycles. The minimum atomic E-state index is -0.502. The van der Waals surface area contributed by atoms with E-state index >= 15 is 0 Å². The number of carbonyl (C=O) groups is 2. The summed E-state index contributed by atoms with van der Waals surface area (Å²) in [6.45, 7) is 5.56. The summed E-state index contributed by atoms with van der Waals surface area (Å²) >= 11 is 6.90. The molecule has 2 N–H and O–H groups in total. The topological polar surface area (TPSA) is 91.2 Å². The molecular weight excluding hydrogens is 574 g/mol. The van der Waals surface area contributed by atoms with Crippen LogP contribution in [0.5, 0.6) is 5.75 Å². The van der Waals surface area contributed by atoms with E-state index in [1.165, 1.54) is 6.08 Å². The first-order valence-electron chi connectivity index (χ1n) is 10.7. The van der Waals surface area contributed by atoms with Gasteiger partial charge in [0.2, 0.25) is 0 Å². The molecule has 0 aliphatic carbocycles. The number of ether oxygens (including phenoxy) is 1. The van der Waals surface area contributed by atoms with Crippen molar-refractivity contribution in [3.63, 3.8) is 0 Å². The van der Waals surface area contributed by atoms with Crippen LogP contribution in [0.4, 0.5) is 11.4 Å². The minimum Gasteiger partial charge on any atom is -0.481 e. The summed E-state index contributed by atoms with van der Waals surface area (Å²) in [5.74, 6) is -0.361. The number of nitrogens with one attached hydrogen (secondary N) is 2. The van der Waals surface area contributed by atoms with Gasteiger partial charge in [0.05, 0.1) is 8.95 Å². The normalized spacial score (nSPS) is 10.9. The van der Waals surface area contributed by atoms with Gasteiger partial charge in [-0.2, -0.15) is 5.26 Å². The van der Waals surface area contributed by atoms with Crippen LogP contribution < -0.4 is 15.4 Å². The summed E-state index contributed by atoms with van der Waals surface area (Å²) in [6, 6.07) is 18.5. The fraction of sp³-hybridized carbons (Fsp3) is 0.148. The quantitative estimate of drug-likeness (QED) is 0.234. The fourth-order valence-corrected chi connectivity index (χ4v) is 4.66. The zero-order chi connectivity index (χ0) is 25.5. The number of halogens is 2. The average molecular weight is 597 g/mol. The zero-order valence-corrected chi connectivity index (χ0v) is 22.6. The summed E-state index contributed by atoms with van der Waals surface area (Å²) in [7, 11) is 0. The first kappa shape index (κ1) is 26.2. The van der Waals surface area contributed by atoms with Crippen LogP contribution in [0.2, 0.25) is 0 Å². The number of benzene rings is 3. The molecular formula is C27H23Br2N3O3. The van der Waals surface area contributed by atoms with Crippen molar-refractivity contribution in [2.45, 2.75) is 20.8 Å². The van der Waals surface area contributed by atoms with Crippen molar-refractivity contribution in [3.05, 3.63) is 91.4 Å². The molecule has 0 saturated heterocycles. The minimum absolute atomic E-state index is 0.0476. The van der Waals surface area contributed by atoms with Gasteiger partial charge in [-0.1, -0.05) is 30.3 Å². The third-order valence-electron chi connectivity index (χ3n) is 5.10. The Balaban J connectivity index is 1.71. The molecule has 3 rings (SSSR count). The number of rotatable bonds is 7. The lowest BCUT2D eigenvalue weighted by Crippen LogP contribution is -2.21. The van der Waals surface area contributed by atoms with Crippen LogP contribution in [0.15, 0.2) is 69.1 Å². The second-order valence-corrected chi connectivity index (χ2v) is 9.62. The molecule has 0 unspecified atom stereocenters. The van der Waals surface area contributed by atoms with Crippen LogP contribution in [0.3, 0.4) is 0 Å². The lowest BCUT2D eigenvalue weighted by atomic mass is 10.1. The van der Waals surface area contributed by atoms with Crippen molar-refractivity contribution in [2.75, 3.05) is 17.2 Å². The van der Waals surface area contributed by atoms with E-state index < -0.39 is 5.91 Å². The highest BCUT2D eigenvalue weighted by atomic mass is 79.9. The number of amides is 2. The summed E-state index contributed by atoms with van der Waals surface area (Å²) in [5.41, 5.74) is 4.84. The van der Waals surface area contributed by atoms with Gasteiger partial charge in [-0.3, -0.25) is 9.59 Å². The van der Waals surface area contributed by atoms with Crippen molar-refractivity contribution in [3.8, 4) is 11.8 Å². The molecule has 0 aliphatic heterocycles. The van der Waals surface area contributed by atoms with Gasteiger partial charge in [-0.05, 0) is 105 Å². The van der Waals surface area contributed by atoms with Crippen LogP contribution in [0.1, 0.15) is 22.3 Å². The molecule has 0 aromatic heterocycles. The Morgan fingerprint density at radius 2 is 1.60 bits per heavy atom. The predicted molar refractivity (Wildman–Crippen MR) is 145 cm³/mol. The van der Waals surface area contributed by atoms with Crippen LogP contribution >= 0.6 is 31.9 Å². The standard InChI is InChI=1S/C27H23Br2N3O3/c1-16-8-9-18(3)24(10-16)31-25(33)15-35-26-21(28)12-19(13-22(26)29)11-20(14-30)27(34)32-23-7-5-4-6-17(23)2/h4-13H,15H2,1-3H3,(H,31,33)(H,32,34)/b20-11-. The second kappa shape index (κ2) is 11.8. The van der Waals surface area contributed by atoms with Crippen molar-refractivity contribution in [1.82, 2.24) is 0 Å². The van der Waals surface area contributed by atoms with E-state index in [0.717, 1.165) is 22.4 Å². The molecule has 6 nitrogen and oxygen atoms in total. The lowest BCUT2D eigenvalue weighted by Gasteiger charge is -2.13. The number of anilines is 2. The maximum absolute atomic E-state index is 12.6. The van der Waals surface area contributed by atoms with Crippen molar-refractivity contribution >= 4 is 61.1 Å². The highest BCUT2D eigenvalue weighted by Gasteiger charge is 2.14. The Morgan fingerprint density at radius 3 is 2.26 bits per heavy atom. The largest absolute Gasteiger partial charge is 0.481 e. The number of nitrogens with zero attached hydrogens (tertiary/aromatic N) is 1. The predicted octanol–water partition coefficient (Wildman–Crippen LogP) is 6.70. The van der Waals surface area contributed by atoms with Gasteiger partial charge in [0.25, 0.3) is 11.8 Å². The van der Waals surface area contributed by atoms with E-state index in [1.54, 1.807) is 18.2 Å². The molecule has 0 atom stereocenters. The Labute approximate surface area is 221 Å². The van der Waals surface area contributed by atoms with Gasteiger partial charge in [-0.25, -0.2) is 0 Å². The molecule has 3 aromatic rings. The highest BCUT2D eigenvalue weighted by molar-refractivity contribution is 9.11. The molecule has 0 heterocycles. The van der Waals surface area contributed by atoms with E-state index in [2.05, 4.69) is 42.5 Å². The molecule has 2 amide bonds. The van der Waals surface area contributed by atoms with Gasteiger partial charge >= 0.3 is 0 Å². The Hall–Kier alpha value is -3.41. The number of carbonyl (C=O) groups excluding carboxylic acids is 2. The van der Waals surface area contributed by atoms with Crippen LogP contribution in [-0.4, -0.2) is 18.4 Å². The van der Waals surface area contributed by atoms with Crippen molar-refractivity contribution in [1.29, 1.82) is 5.26 Å². The molecule has 0 spiro atoms. The second-order valence-electron chi connectivity index (χ2n) is 7.91. The zero-order valence-electron chi connectivity index (χ0n) is 19.4. The maximum atomic E-state index is 12.6. The number of para-hydroxylation sites is 1.